The Bertz CT molecular complexity index is 894. The molecule has 0 bridgehead atoms. The number of likely N-dealkylation sites (N-methyl/N-ethyl adjacent to an activating group) is 2. The van der Waals surface area contributed by atoms with E-state index in [1.807, 2.05) is 55.5 Å². The van der Waals surface area contributed by atoms with Crippen molar-refractivity contribution in [1.29, 1.82) is 0 Å². The standard InChI is InChI=1S/C23H29N3O4.ClH/c1-16(11-18-9-10-20-21(13-18)30-15-29-20)26(3)22(27)14-25(2)23(28)19(24)12-17-7-5-4-6-8-17;/h4-10,13,16,19H,11-12,14-15,24H2,1-3H3;1H. The van der Waals surface area contributed by atoms with Crippen molar-refractivity contribution >= 4 is 24.2 Å². The van der Waals surface area contributed by atoms with Crippen molar-refractivity contribution in [2.24, 2.45) is 5.73 Å². The SMILES string of the molecule is CC(Cc1ccc2c(c1)OCO2)N(C)C(=O)CN(C)C(=O)C(N)Cc1ccccc1.Cl. The molecule has 0 radical (unpaired) electrons. The zero-order chi connectivity index (χ0) is 21.7. The van der Waals surface area contributed by atoms with Gasteiger partial charge in [-0.2, -0.15) is 0 Å². The molecule has 0 aromatic heterocycles. The largest absolute Gasteiger partial charge is 0.454 e. The summed E-state index contributed by atoms with van der Waals surface area (Å²) < 4.78 is 10.7. The van der Waals surface area contributed by atoms with Gasteiger partial charge in [0.15, 0.2) is 11.5 Å². The van der Waals surface area contributed by atoms with Crippen LogP contribution in [0.3, 0.4) is 0 Å². The first-order valence-corrected chi connectivity index (χ1v) is 10.0. The Labute approximate surface area is 189 Å². The monoisotopic (exact) mass is 447 g/mol. The van der Waals surface area contributed by atoms with Crippen molar-refractivity contribution in [3.8, 4) is 11.5 Å². The Morgan fingerprint density at radius 1 is 1.00 bits per heavy atom. The third-order valence-electron chi connectivity index (χ3n) is 5.39. The Balaban J connectivity index is 0.00000341. The highest BCUT2D eigenvalue weighted by Gasteiger charge is 2.24. The second-order valence-corrected chi connectivity index (χ2v) is 7.74. The molecule has 2 N–H and O–H groups in total. The maximum absolute atomic E-state index is 12.7. The number of nitrogens with two attached hydrogens (primary N) is 1. The molecule has 1 aliphatic rings. The van der Waals surface area contributed by atoms with Gasteiger partial charge < -0.3 is 25.0 Å². The average Bonchev–Trinajstić information content (AvgIpc) is 3.21. The molecule has 168 valence electrons. The number of ether oxygens (including phenoxy) is 2. The number of halogens is 1. The highest BCUT2D eigenvalue weighted by molar-refractivity contribution is 5.87. The molecule has 0 fully saturated rings. The van der Waals surface area contributed by atoms with Gasteiger partial charge in [-0.25, -0.2) is 0 Å². The number of fused-ring (bicyclic) bond motifs is 1. The minimum Gasteiger partial charge on any atom is -0.454 e. The van der Waals surface area contributed by atoms with Crippen LogP contribution in [0.2, 0.25) is 0 Å². The Kier molecular flexibility index (Phi) is 8.71. The predicted molar refractivity (Wildman–Crippen MR) is 122 cm³/mol. The van der Waals surface area contributed by atoms with E-state index >= 15 is 0 Å². The summed E-state index contributed by atoms with van der Waals surface area (Å²) in [6.07, 6.45) is 1.11. The molecule has 2 atom stereocenters. The number of hydrogen-bond acceptors (Lipinski definition) is 5. The van der Waals surface area contributed by atoms with E-state index in [0.29, 0.717) is 12.8 Å². The minimum absolute atomic E-state index is 0. The third kappa shape index (κ3) is 6.35. The lowest BCUT2D eigenvalue weighted by Crippen LogP contribution is -2.48. The van der Waals surface area contributed by atoms with Crippen LogP contribution in [0, 0.1) is 0 Å². The van der Waals surface area contributed by atoms with Crippen LogP contribution in [0.15, 0.2) is 48.5 Å². The summed E-state index contributed by atoms with van der Waals surface area (Å²) >= 11 is 0. The second kappa shape index (κ2) is 11.0. The van der Waals surface area contributed by atoms with Crippen molar-refractivity contribution in [2.75, 3.05) is 27.4 Å². The van der Waals surface area contributed by atoms with E-state index in [-0.39, 0.29) is 43.6 Å². The van der Waals surface area contributed by atoms with E-state index in [4.69, 9.17) is 15.2 Å². The zero-order valence-corrected chi connectivity index (χ0v) is 18.9. The maximum Gasteiger partial charge on any atom is 0.242 e. The predicted octanol–water partition coefficient (Wildman–Crippen LogP) is 2.25. The van der Waals surface area contributed by atoms with Crippen LogP contribution in [-0.4, -0.2) is 61.1 Å². The summed E-state index contributed by atoms with van der Waals surface area (Å²) in [4.78, 5) is 28.3. The topological polar surface area (TPSA) is 85.1 Å². The van der Waals surface area contributed by atoms with Crippen LogP contribution >= 0.6 is 12.4 Å². The molecule has 0 spiro atoms. The molecule has 0 saturated heterocycles. The van der Waals surface area contributed by atoms with Crippen LogP contribution in [0.1, 0.15) is 18.1 Å². The van der Waals surface area contributed by atoms with Crippen molar-refractivity contribution in [1.82, 2.24) is 9.80 Å². The molecule has 31 heavy (non-hydrogen) atoms. The van der Waals surface area contributed by atoms with Gasteiger partial charge >= 0.3 is 0 Å². The van der Waals surface area contributed by atoms with Crippen molar-refractivity contribution < 1.29 is 19.1 Å². The van der Waals surface area contributed by atoms with Crippen molar-refractivity contribution in [3.05, 3.63) is 59.7 Å². The van der Waals surface area contributed by atoms with E-state index in [1.165, 1.54) is 4.90 Å². The number of nitrogens with zero attached hydrogens (tertiary/aromatic N) is 2. The molecule has 2 amide bonds. The van der Waals surface area contributed by atoms with Gasteiger partial charge in [0, 0.05) is 20.1 Å². The molecular formula is C23H30ClN3O4. The molecule has 2 aromatic carbocycles. The van der Waals surface area contributed by atoms with Gasteiger partial charge in [-0.05, 0) is 43.0 Å². The normalized spacial score (nSPS) is 13.7. The summed E-state index contributed by atoms with van der Waals surface area (Å²) in [5, 5.41) is 0. The first-order valence-electron chi connectivity index (χ1n) is 10.0. The van der Waals surface area contributed by atoms with Crippen LogP contribution in [0.5, 0.6) is 11.5 Å². The Morgan fingerprint density at radius 2 is 1.68 bits per heavy atom. The molecule has 2 unspecified atom stereocenters. The second-order valence-electron chi connectivity index (χ2n) is 7.74. The van der Waals surface area contributed by atoms with Crippen LogP contribution < -0.4 is 15.2 Å². The lowest BCUT2D eigenvalue weighted by molar-refractivity contribution is -0.140. The number of benzene rings is 2. The molecule has 8 heteroatoms. The average molecular weight is 448 g/mol. The summed E-state index contributed by atoms with van der Waals surface area (Å²) in [7, 11) is 3.36. The Hall–Kier alpha value is -2.77. The third-order valence-corrected chi connectivity index (χ3v) is 5.39. The first kappa shape index (κ1) is 24.5. The lowest BCUT2D eigenvalue weighted by Gasteiger charge is -2.28. The lowest BCUT2D eigenvalue weighted by atomic mass is 10.1. The molecule has 3 rings (SSSR count). The fourth-order valence-corrected chi connectivity index (χ4v) is 3.42. The quantitative estimate of drug-likeness (QED) is 0.670. The van der Waals surface area contributed by atoms with Gasteiger partial charge in [0.25, 0.3) is 0 Å². The van der Waals surface area contributed by atoms with Crippen molar-refractivity contribution in [2.45, 2.75) is 31.8 Å². The first-order chi connectivity index (χ1) is 14.3. The molecule has 2 aromatic rings. The van der Waals surface area contributed by atoms with Gasteiger partial charge in [0.05, 0.1) is 12.6 Å². The smallest absolute Gasteiger partial charge is 0.242 e. The fourth-order valence-electron chi connectivity index (χ4n) is 3.42. The maximum atomic E-state index is 12.7. The molecule has 1 aliphatic heterocycles. The summed E-state index contributed by atoms with van der Waals surface area (Å²) in [5.41, 5.74) is 8.12. The zero-order valence-electron chi connectivity index (χ0n) is 18.1. The van der Waals surface area contributed by atoms with Crippen LogP contribution in [0.4, 0.5) is 0 Å². The van der Waals surface area contributed by atoms with E-state index < -0.39 is 6.04 Å². The van der Waals surface area contributed by atoms with Gasteiger partial charge in [0.2, 0.25) is 18.6 Å². The van der Waals surface area contributed by atoms with E-state index in [9.17, 15) is 9.59 Å². The van der Waals surface area contributed by atoms with Gasteiger partial charge in [-0.3, -0.25) is 9.59 Å². The molecule has 1 heterocycles. The number of hydrogen-bond donors (Lipinski definition) is 1. The van der Waals surface area contributed by atoms with E-state index in [2.05, 4.69) is 0 Å². The van der Waals surface area contributed by atoms with Gasteiger partial charge in [-0.1, -0.05) is 36.4 Å². The van der Waals surface area contributed by atoms with E-state index in [0.717, 1.165) is 22.6 Å². The van der Waals surface area contributed by atoms with Gasteiger partial charge in [0.1, 0.15) is 0 Å². The number of carbonyl (C=O) groups excluding carboxylic acids is 2. The number of carbonyl (C=O) groups is 2. The number of amides is 2. The summed E-state index contributed by atoms with van der Waals surface area (Å²) in [5.74, 6) is 1.09. The van der Waals surface area contributed by atoms with Crippen LogP contribution in [0.25, 0.3) is 0 Å². The van der Waals surface area contributed by atoms with Gasteiger partial charge in [-0.15, -0.1) is 12.4 Å². The summed E-state index contributed by atoms with van der Waals surface area (Å²) in [6.45, 7) is 2.20. The molecule has 7 nitrogen and oxygen atoms in total. The molecule has 0 saturated carbocycles. The van der Waals surface area contributed by atoms with Crippen LogP contribution in [-0.2, 0) is 22.4 Å². The van der Waals surface area contributed by atoms with E-state index in [1.54, 1.807) is 19.0 Å². The highest BCUT2D eigenvalue weighted by atomic mass is 35.5. The van der Waals surface area contributed by atoms with Crippen molar-refractivity contribution in [3.63, 3.8) is 0 Å². The Morgan fingerprint density at radius 3 is 2.39 bits per heavy atom. The highest BCUT2D eigenvalue weighted by Crippen LogP contribution is 2.32. The number of rotatable bonds is 8. The summed E-state index contributed by atoms with van der Waals surface area (Å²) in [6, 6.07) is 14.7. The fraction of sp³-hybridized carbons (Fsp3) is 0.391. The molecular weight excluding hydrogens is 418 g/mol. The molecule has 0 aliphatic carbocycles. The minimum atomic E-state index is -0.679.